The lowest BCUT2D eigenvalue weighted by Crippen LogP contribution is -2.66. The summed E-state index contributed by atoms with van der Waals surface area (Å²) in [7, 11) is 0. The van der Waals surface area contributed by atoms with Gasteiger partial charge in [-0.2, -0.15) is 0 Å². The average molecular weight is 748 g/mol. The first-order chi connectivity index (χ1) is 25.2. The predicted octanol–water partition coefficient (Wildman–Crippen LogP) is 7.60. The number of carbonyl (C=O) groups excluding carboxylic acids is 2. The second-order valence-corrected chi connectivity index (χ2v) is 20.4. The number of aliphatic carboxylic acids is 1. The number of ketones is 1. The molecular formula is C45H69N3O6. The molecule has 9 atom stereocenters. The molecular weight excluding hydrogens is 679 g/mol. The molecule has 5 aliphatic carbocycles. The van der Waals surface area contributed by atoms with Crippen LogP contribution in [-0.4, -0.2) is 69.7 Å². The summed E-state index contributed by atoms with van der Waals surface area (Å²) >= 11 is 0. The molecule has 0 bridgehead atoms. The van der Waals surface area contributed by atoms with E-state index in [9.17, 15) is 24.6 Å². The van der Waals surface area contributed by atoms with Crippen molar-refractivity contribution in [2.24, 2.45) is 61.9 Å². The van der Waals surface area contributed by atoms with Crippen LogP contribution >= 0.6 is 0 Å². The Labute approximate surface area is 324 Å². The summed E-state index contributed by atoms with van der Waals surface area (Å²) in [6.45, 7) is 21.8. The van der Waals surface area contributed by atoms with Crippen molar-refractivity contribution >= 4 is 17.7 Å². The Hall–Kier alpha value is -2.62. The third-order valence-corrected chi connectivity index (χ3v) is 16.5. The molecule has 0 saturated heterocycles. The summed E-state index contributed by atoms with van der Waals surface area (Å²) < 4.78 is 6.18. The van der Waals surface area contributed by atoms with Crippen LogP contribution in [0.1, 0.15) is 132 Å². The van der Waals surface area contributed by atoms with Crippen molar-refractivity contribution in [3.05, 3.63) is 41.2 Å². The first kappa shape index (κ1) is 41.0. The van der Waals surface area contributed by atoms with Gasteiger partial charge in [0.1, 0.15) is 6.10 Å². The molecule has 2 unspecified atom stereocenters. The number of ether oxygens (including phenoxy) is 1. The maximum atomic E-state index is 14.2. The number of allylic oxidation sites excluding steroid dienone is 1. The van der Waals surface area contributed by atoms with E-state index in [4.69, 9.17) is 10.5 Å². The van der Waals surface area contributed by atoms with Crippen molar-refractivity contribution in [2.75, 3.05) is 19.6 Å². The number of hydrogen-bond acceptors (Lipinski definition) is 8. The Balaban J connectivity index is 1.29. The third kappa shape index (κ3) is 6.50. The highest BCUT2D eigenvalue weighted by Gasteiger charge is 2.70. The molecule has 9 nitrogen and oxygen atoms in total. The molecule has 300 valence electrons. The molecule has 1 aromatic rings. The van der Waals surface area contributed by atoms with Crippen molar-refractivity contribution in [1.29, 1.82) is 0 Å². The number of hydrogen-bond donors (Lipinski definition) is 3. The van der Waals surface area contributed by atoms with Crippen molar-refractivity contribution < 1.29 is 29.3 Å². The van der Waals surface area contributed by atoms with E-state index in [2.05, 4.69) is 58.4 Å². The van der Waals surface area contributed by atoms with E-state index < -0.39 is 28.9 Å². The van der Waals surface area contributed by atoms with Gasteiger partial charge in [0.05, 0.1) is 23.6 Å². The molecule has 4 fully saturated rings. The Morgan fingerprint density at radius 1 is 1.00 bits per heavy atom. The second-order valence-electron chi connectivity index (χ2n) is 20.4. The summed E-state index contributed by atoms with van der Waals surface area (Å²) in [5.74, 6) is -0.0335. The average Bonchev–Trinajstić information content (AvgIpc) is 3.40. The van der Waals surface area contributed by atoms with Gasteiger partial charge in [0.25, 0.3) is 0 Å². The van der Waals surface area contributed by atoms with Crippen LogP contribution in [0.4, 0.5) is 0 Å². The minimum absolute atomic E-state index is 0.0337. The predicted molar refractivity (Wildman–Crippen MR) is 210 cm³/mol. The quantitative estimate of drug-likeness (QED) is 0.184. The lowest BCUT2D eigenvalue weighted by molar-refractivity contribution is -0.235. The molecule has 1 heterocycles. The number of aliphatic hydroxyl groups is 1. The van der Waals surface area contributed by atoms with E-state index in [1.807, 2.05) is 18.2 Å². The Bertz CT molecular complexity index is 1640. The van der Waals surface area contributed by atoms with Crippen molar-refractivity contribution in [2.45, 2.75) is 145 Å². The first-order valence-corrected chi connectivity index (χ1v) is 20.9. The maximum Gasteiger partial charge on any atom is 0.309 e. The number of rotatable bonds is 12. The second kappa shape index (κ2) is 14.4. The molecule has 1 aromatic heterocycles. The standard InChI is InChI=1S/C45H69N3O6/c1-28(2)37-31(49)24-45(34(50)27-48(23-21-46)26-29-12-10-11-22-47-29)20-19-43(8)30(38(37)45)13-14-33-42(7)17-16-35(54-36(51)25-40(3,4)39(52)53)41(5,6)32(42)15-18-44(33,43)9/h10-12,22,28,30,32-35,50H,13-21,23-27,46H2,1-9H3,(H,52,53)/t30-,32+,33-,34?,35+,42+,43-,44-,45?/m1/s1. The number of carbonyl (C=O) groups is 3. The van der Waals surface area contributed by atoms with Crippen molar-refractivity contribution in [3.8, 4) is 0 Å². The van der Waals surface area contributed by atoms with Gasteiger partial charge >= 0.3 is 11.9 Å². The van der Waals surface area contributed by atoms with Crippen molar-refractivity contribution in [3.63, 3.8) is 0 Å². The normalized spacial score (nSPS) is 36.6. The summed E-state index contributed by atoms with van der Waals surface area (Å²) in [6, 6.07) is 5.92. The lowest BCUT2D eigenvalue weighted by atomic mass is 9.33. The minimum atomic E-state index is -1.17. The van der Waals surface area contributed by atoms with Crippen LogP contribution < -0.4 is 5.73 Å². The SMILES string of the molecule is CC(C)C1=C2[C@H]3CC[C@@H]4[C@@]5(C)CC[C@H](OC(=O)CC(C)(C)C(=O)O)C(C)(C)[C@@H]5CC[C@@]4(C)[C@]3(C)CCC2(C(O)CN(CCN)Cc2ccccn2)CC1=O. The molecule has 54 heavy (non-hydrogen) atoms. The third-order valence-electron chi connectivity index (χ3n) is 16.5. The number of pyridine rings is 1. The van der Waals surface area contributed by atoms with Gasteiger partial charge in [-0.05, 0) is 123 Å². The van der Waals surface area contributed by atoms with Gasteiger partial charge in [0.15, 0.2) is 5.78 Å². The molecule has 4 N–H and O–H groups in total. The van der Waals surface area contributed by atoms with Crippen LogP contribution in [0.3, 0.4) is 0 Å². The molecule has 0 aliphatic heterocycles. The van der Waals surface area contributed by atoms with Gasteiger partial charge in [-0.15, -0.1) is 0 Å². The molecule has 6 rings (SSSR count). The molecule has 4 saturated carbocycles. The van der Waals surface area contributed by atoms with E-state index in [1.54, 1.807) is 20.0 Å². The van der Waals surface area contributed by atoms with Crippen LogP contribution in [0.5, 0.6) is 0 Å². The molecule has 0 amide bonds. The molecule has 0 radical (unpaired) electrons. The number of nitrogens with two attached hydrogens (primary N) is 1. The van der Waals surface area contributed by atoms with E-state index in [-0.39, 0.29) is 51.8 Å². The van der Waals surface area contributed by atoms with Gasteiger partial charge in [-0.3, -0.25) is 24.3 Å². The molecule has 5 aliphatic rings. The van der Waals surface area contributed by atoms with E-state index in [0.717, 1.165) is 62.6 Å². The smallest absolute Gasteiger partial charge is 0.309 e. The largest absolute Gasteiger partial charge is 0.481 e. The monoisotopic (exact) mass is 748 g/mol. The van der Waals surface area contributed by atoms with Crippen LogP contribution in [0.15, 0.2) is 35.5 Å². The van der Waals surface area contributed by atoms with Crippen LogP contribution in [0, 0.1) is 56.2 Å². The lowest BCUT2D eigenvalue weighted by Gasteiger charge is -2.72. The van der Waals surface area contributed by atoms with Gasteiger partial charge in [0.2, 0.25) is 0 Å². The van der Waals surface area contributed by atoms with Crippen LogP contribution in [-0.2, 0) is 25.7 Å². The zero-order valence-corrected chi connectivity index (χ0v) is 34.7. The summed E-state index contributed by atoms with van der Waals surface area (Å²) in [5, 5.41) is 22.1. The first-order valence-electron chi connectivity index (χ1n) is 20.9. The number of aliphatic hydroxyl groups excluding tert-OH is 1. The van der Waals surface area contributed by atoms with E-state index >= 15 is 0 Å². The molecule has 9 heteroatoms. The number of fused-ring (bicyclic) bond motifs is 7. The van der Waals surface area contributed by atoms with Gasteiger partial charge < -0.3 is 20.7 Å². The summed E-state index contributed by atoms with van der Waals surface area (Å²) in [6.07, 6.45) is 8.83. The fraction of sp³-hybridized carbons (Fsp3) is 0.778. The number of esters is 1. The molecule has 0 aromatic carbocycles. The number of nitrogens with zero attached hydrogens (tertiary/aromatic N) is 2. The minimum Gasteiger partial charge on any atom is -0.481 e. The highest BCUT2D eigenvalue weighted by molar-refractivity contribution is 6.00. The summed E-state index contributed by atoms with van der Waals surface area (Å²) in [5.41, 5.74) is 7.37. The van der Waals surface area contributed by atoms with Crippen molar-refractivity contribution in [1.82, 2.24) is 9.88 Å². The number of aromatic nitrogens is 1. The molecule has 0 spiro atoms. The fourth-order valence-corrected chi connectivity index (χ4v) is 13.5. The van der Waals surface area contributed by atoms with Crippen LogP contribution in [0.25, 0.3) is 0 Å². The van der Waals surface area contributed by atoms with E-state index in [1.165, 1.54) is 5.57 Å². The topological polar surface area (TPSA) is 143 Å². The zero-order valence-electron chi connectivity index (χ0n) is 34.7. The van der Waals surface area contributed by atoms with Gasteiger partial charge in [-0.1, -0.05) is 60.1 Å². The van der Waals surface area contributed by atoms with Crippen LogP contribution in [0.2, 0.25) is 0 Å². The number of carboxylic acids is 1. The highest BCUT2D eigenvalue weighted by atomic mass is 16.5. The Morgan fingerprint density at radius 3 is 2.35 bits per heavy atom. The summed E-state index contributed by atoms with van der Waals surface area (Å²) in [4.78, 5) is 45.8. The Kier molecular flexibility index (Phi) is 10.9. The Morgan fingerprint density at radius 2 is 1.72 bits per heavy atom. The number of carboxylic acid groups (broad SMARTS) is 1. The van der Waals surface area contributed by atoms with Gasteiger partial charge in [0, 0.05) is 49.6 Å². The zero-order chi connectivity index (χ0) is 39.6. The fourth-order valence-electron chi connectivity index (χ4n) is 13.5. The maximum absolute atomic E-state index is 14.2. The van der Waals surface area contributed by atoms with Gasteiger partial charge in [-0.25, -0.2) is 0 Å². The number of Topliss-reactive ketones (excluding diaryl/α,β-unsaturated/α-hetero) is 1. The highest BCUT2D eigenvalue weighted by Crippen LogP contribution is 2.77. The van der Waals surface area contributed by atoms with E-state index in [0.29, 0.717) is 44.4 Å².